The molecule has 10 nitrogen and oxygen atoms in total. The summed E-state index contributed by atoms with van der Waals surface area (Å²) >= 11 is 0. The van der Waals surface area contributed by atoms with Gasteiger partial charge in [-0.1, -0.05) is 291 Å². The number of aromatic nitrogens is 4. The van der Waals surface area contributed by atoms with Crippen molar-refractivity contribution in [1.82, 2.24) is 9.13 Å². The fraction of sp³-hybridized carbons (Fsp3) is 0.325. The summed E-state index contributed by atoms with van der Waals surface area (Å²) < 4.78 is 9.34. The molecule has 0 unspecified atom stereocenters. The van der Waals surface area contributed by atoms with Gasteiger partial charge in [0.1, 0.15) is 36.0 Å². The number of halogens is 2. The summed E-state index contributed by atoms with van der Waals surface area (Å²) in [6.07, 6.45) is 4.29. The van der Waals surface area contributed by atoms with Gasteiger partial charge in [-0.05, 0) is 82.7 Å². The number of hydrogen-bond donors (Lipinski definition) is 0. The van der Waals surface area contributed by atoms with E-state index < -0.39 is 0 Å². The average Bonchev–Trinajstić information content (AvgIpc) is 1.57. The first-order chi connectivity index (χ1) is 43.4. The lowest BCUT2D eigenvalue weighted by Crippen LogP contribution is -3.00. The van der Waals surface area contributed by atoms with Crippen LogP contribution in [0.15, 0.2) is 227 Å². The smallest absolute Gasteiger partial charge is 0.301 e. The van der Waals surface area contributed by atoms with Crippen LogP contribution < -0.4 is 43.1 Å². The van der Waals surface area contributed by atoms with Gasteiger partial charge in [0.15, 0.2) is 12.4 Å². The molecule has 10 aromatic rings. The van der Waals surface area contributed by atoms with Gasteiger partial charge in [0, 0.05) is 55.1 Å². The maximum absolute atomic E-state index is 5.79. The van der Waals surface area contributed by atoms with Gasteiger partial charge in [-0.15, -0.1) is 0 Å². The Kier molecular flexibility index (Phi) is 25.6. The molecule has 0 fully saturated rings. The van der Waals surface area contributed by atoms with Gasteiger partial charge in [0.05, 0.1) is 11.1 Å². The van der Waals surface area contributed by atoms with Crippen molar-refractivity contribution in [3.8, 4) is 45.5 Å². The highest BCUT2D eigenvalue weighted by molar-refractivity contribution is 5.67. The average molecular weight is 1360 g/mol. The van der Waals surface area contributed by atoms with Crippen molar-refractivity contribution in [2.75, 3.05) is 0 Å². The molecule has 0 amide bonds. The van der Waals surface area contributed by atoms with Crippen LogP contribution >= 0.6 is 0 Å². The second-order valence-electron chi connectivity index (χ2n) is 26.0. The molecular formula is C80H94Br2N8O2. The summed E-state index contributed by atoms with van der Waals surface area (Å²) in [5, 5.41) is 18.3. The maximum atomic E-state index is 5.79. The molecule has 0 atom stereocenters. The Balaban J connectivity index is 0.000000255. The molecule has 0 saturated carbocycles. The first kappa shape index (κ1) is 71.4. The van der Waals surface area contributed by atoms with E-state index in [0.717, 1.165) is 45.3 Å². The predicted octanol–water partition coefficient (Wildman–Crippen LogP) is 16.3. The van der Waals surface area contributed by atoms with Crippen LogP contribution in [0.25, 0.3) is 45.5 Å². The van der Waals surface area contributed by atoms with Crippen molar-refractivity contribution in [1.29, 1.82) is 0 Å². The van der Waals surface area contributed by atoms with Crippen LogP contribution in [-0.2, 0) is 22.9 Å². The van der Waals surface area contributed by atoms with Crippen LogP contribution in [0, 0.1) is 0 Å². The molecule has 0 N–H and O–H groups in total. The van der Waals surface area contributed by atoms with Crippen LogP contribution in [-0.4, -0.2) is 9.13 Å². The van der Waals surface area contributed by atoms with E-state index >= 15 is 0 Å². The van der Waals surface area contributed by atoms with Gasteiger partial charge < -0.3 is 43.6 Å². The Morgan fingerprint density at radius 2 is 0.543 bits per heavy atom. The molecule has 8 aromatic carbocycles. The molecule has 2 aromatic heterocycles. The summed E-state index contributed by atoms with van der Waals surface area (Å²) in [5.74, 6) is 6.00. The van der Waals surface area contributed by atoms with Gasteiger partial charge >= 0.3 is 11.6 Å². The third-order valence-electron chi connectivity index (χ3n) is 16.7. The van der Waals surface area contributed by atoms with Crippen LogP contribution in [0.5, 0.6) is 0 Å². The van der Waals surface area contributed by atoms with E-state index in [-0.39, 0.29) is 34.0 Å². The second-order valence-corrected chi connectivity index (χ2v) is 26.0. The number of imidazole rings is 2. The SMILES string of the molecule is CC(C)c1cccc(C(C)C)c1-n1c(/N=N\OCc2ccccc2)c[n+](-c2c(C(C)C)cccc2C(C)C)c1-c1ccccc1.CC(C)c1cccc(C(C)C)c1-n1c(/N=N\OCc2ccccc2)c[n+](-c2c(C(C)C)cccc2C(C)C)c1-c1ccccc1.[Br-].[Br-]. The van der Waals surface area contributed by atoms with E-state index in [1.165, 1.54) is 55.9 Å². The zero-order chi connectivity index (χ0) is 64.2. The number of benzene rings is 8. The van der Waals surface area contributed by atoms with E-state index in [1.807, 2.05) is 60.7 Å². The summed E-state index contributed by atoms with van der Waals surface area (Å²) in [7, 11) is 0. The molecule has 12 heteroatoms. The van der Waals surface area contributed by atoms with E-state index in [1.54, 1.807) is 0 Å². The Labute approximate surface area is 569 Å². The topological polar surface area (TPSA) is 85.5 Å². The molecule has 480 valence electrons. The molecule has 0 aliphatic heterocycles. The van der Waals surface area contributed by atoms with Gasteiger partial charge in [0.25, 0.3) is 11.6 Å². The van der Waals surface area contributed by atoms with Crippen LogP contribution in [0.1, 0.15) is 214 Å². The largest absolute Gasteiger partial charge is 1.00 e. The normalized spacial score (nSPS) is 11.7. The Morgan fingerprint density at radius 1 is 0.304 bits per heavy atom. The minimum atomic E-state index is 0. The standard InChI is InChI=1S/2C40H47N4O.2BrH/c2*1-27(2)33-21-15-22-34(28(3)4)38(33)43-25-37(41-42-45-26-31-17-11-9-12-18-31)44(40(43)32-19-13-10-14-20-32)39-35(29(5)6)23-16-24-36(39)30(7)8;;/h2*9-25,27-30H,26H2,1-8H3;2*1H/q2*+1;;/p-2/b2*42-41-;;. The van der Waals surface area contributed by atoms with Gasteiger partial charge in [0.2, 0.25) is 0 Å². The monoisotopic (exact) mass is 1360 g/mol. The maximum Gasteiger partial charge on any atom is 0.301 e. The van der Waals surface area contributed by atoms with Crippen molar-refractivity contribution < 1.29 is 52.8 Å². The highest BCUT2D eigenvalue weighted by atomic mass is 79.9. The molecule has 0 aliphatic rings. The van der Waals surface area contributed by atoms with E-state index in [0.29, 0.717) is 72.2 Å². The summed E-state index contributed by atoms with van der Waals surface area (Å²) in [6.45, 7) is 37.0. The van der Waals surface area contributed by atoms with E-state index in [9.17, 15) is 0 Å². The Morgan fingerprint density at radius 3 is 0.793 bits per heavy atom. The highest BCUT2D eigenvalue weighted by Gasteiger charge is 2.37. The van der Waals surface area contributed by atoms with Crippen molar-refractivity contribution in [3.63, 3.8) is 0 Å². The van der Waals surface area contributed by atoms with Crippen molar-refractivity contribution in [3.05, 3.63) is 262 Å². The molecule has 0 bridgehead atoms. The van der Waals surface area contributed by atoms with Crippen LogP contribution in [0.2, 0.25) is 0 Å². The lowest BCUT2D eigenvalue weighted by atomic mass is 9.92. The molecule has 0 radical (unpaired) electrons. The van der Waals surface area contributed by atoms with Crippen molar-refractivity contribution in [2.45, 2.75) is 171 Å². The second kappa shape index (κ2) is 33.0. The number of rotatable bonds is 22. The van der Waals surface area contributed by atoms with Gasteiger partial charge in [-0.25, -0.2) is 0 Å². The lowest BCUT2D eigenvalue weighted by Gasteiger charge is -2.20. The minimum absolute atomic E-state index is 0. The molecule has 10 rings (SSSR count). The summed E-state index contributed by atoms with van der Waals surface area (Å²) in [5.41, 5.74) is 19.3. The Hall–Kier alpha value is -8.06. The number of hydrogen-bond acceptors (Lipinski definition) is 6. The van der Waals surface area contributed by atoms with Gasteiger partial charge in [-0.2, -0.15) is 18.3 Å². The first-order valence-corrected chi connectivity index (χ1v) is 32.5. The third-order valence-corrected chi connectivity index (χ3v) is 16.7. The van der Waals surface area contributed by atoms with Gasteiger partial charge in [-0.3, -0.25) is 0 Å². The Bertz CT molecular complexity index is 3670. The zero-order valence-corrected chi connectivity index (χ0v) is 60.0. The summed E-state index contributed by atoms with van der Waals surface area (Å²) in [4.78, 5) is 11.6. The molecule has 0 saturated heterocycles. The van der Waals surface area contributed by atoms with Crippen LogP contribution in [0.3, 0.4) is 0 Å². The van der Waals surface area contributed by atoms with Crippen LogP contribution in [0.4, 0.5) is 11.6 Å². The van der Waals surface area contributed by atoms with Crippen molar-refractivity contribution >= 4 is 11.6 Å². The summed E-state index contributed by atoms with van der Waals surface area (Å²) in [6, 6.07) is 68.3. The molecule has 0 aliphatic carbocycles. The number of para-hydroxylation sites is 4. The zero-order valence-electron chi connectivity index (χ0n) is 56.8. The molecule has 0 spiro atoms. The predicted molar refractivity (Wildman–Crippen MR) is 370 cm³/mol. The van der Waals surface area contributed by atoms with E-state index in [4.69, 9.17) is 19.9 Å². The molecular weight excluding hydrogens is 1260 g/mol. The van der Waals surface area contributed by atoms with E-state index in [2.05, 4.69) is 285 Å². The number of nitrogens with zero attached hydrogens (tertiary/aromatic N) is 8. The highest BCUT2D eigenvalue weighted by Crippen LogP contribution is 2.42. The third kappa shape index (κ3) is 16.2. The fourth-order valence-corrected chi connectivity index (χ4v) is 12.2. The minimum Gasteiger partial charge on any atom is -1.00 e. The lowest BCUT2D eigenvalue weighted by molar-refractivity contribution is -0.584. The van der Waals surface area contributed by atoms with Crippen molar-refractivity contribution in [2.24, 2.45) is 20.8 Å². The first-order valence-electron chi connectivity index (χ1n) is 32.5. The quantitative estimate of drug-likeness (QED) is 0.0385. The molecule has 92 heavy (non-hydrogen) atoms. The molecule has 2 heterocycles. The fourth-order valence-electron chi connectivity index (χ4n) is 12.2.